The highest BCUT2D eigenvalue weighted by Crippen LogP contribution is 2.30. The van der Waals surface area contributed by atoms with Crippen LogP contribution in [0.2, 0.25) is 0 Å². The predicted octanol–water partition coefficient (Wildman–Crippen LogP) is 3.70. The molecule has 0 atom stereocenters. The molecule has 0 saturated carbocycles. The third-order valence-corrected chi connectivity index (χ3v) is 4.18. The van der Waals surface area contributed by atoms with Gasteiger partial charge in [0.25, 0.3) is 0 Å². The molecule has 126 valence electrons. The van der Waals surface area contributed by atoms with E-state index in [9.17, 15) is 4.79 Å². The van der Waals surface area contributed by atoms with Gasteiger partial charge >= 0.3 is 0 Å². The Morgan fingerprint density at radius 3 is 2.38 bits per heavy atom. The summed E-state index contributed by atoms with van der Waals surface area (Å²) >= 11 is 0. The fourth-order valence-corrected chi connectivity index (χ4v) is 2.87. The van der Waals surface area contributed by atoms with E-state index in [-0.39, 0.29) is 0 Å². The molecular formula is C21H16N4O. The molecule has 5 nitrogen and oxygen atoms in total. The van der Waals surface area contributed by atoms with Crippen molar-refractivity contribution < 1.29 is 4.79 Å². The molecule has 1 aromatic carbocycles. The van der Waals surface area contributed by atoms with Gasteiger partial charge in [0.2, 0.25) is 5.91 Å². The van der Waals surface area contributed by atoms with Crippen molar-refractivity contribution in [2.75, 3.05) is 0 Å². The van der Waals surface area contributed by atoms with Gasteiger partial charge in [-0.05, 0) is 42.0 Å². The molecular weight excluding hydrogens is 324 g/mol. The summed E-state index contributed by atoms with van der Waals surface area (Å²) in [7, 11) is 0. The van der Waals surface area contributed by atoms with E-state index >= 15 is 0 Å². The lowest BCUT2D eigenvalue weighted by Crippen LogP contribution is -2.10. The molecule has 0 aliphatic carbocycles. The molecule has 3 heterocycles. The van der Waals surface area contributed by atoms with Gasteiger partial charge in [-0.1, -0.05) is 24.3 Å². The van der Waals surface area contributed by atoms with E-state index in [1.807, 2.05) is 59.4 Å². The second-order valence-electron chi connectivity index (χ2n) is 5.86. The molecule has 0 spiro atoms. The van der Waals surface area contributed by atoms with Crippen LogP contribution < -0.4 is 5.73 Å². The molecule has 0 fully saturated rings. The molecule has 26 heavy (non-hydrogen) atoms. The van der Waals surface area contributed by atoms with Crippen LogP contribution in [0.1, 0.15) is 10.4 Å². The van der Waals surface area contributed by atoms with E-state index in [1.165, 1.54) is 0 Å². The van der Waals surface area contributed by atoms with Crippen molar-refractivity contribution in [2.24, 2.45) is 5.73 Å². The quantitative estimate of drug-likeness (QED) is 0.615. The molecule has 0 aliphatic heterocycles. The zero-order valence-electron chi connectivity index (χ0n) is 13.9. The Bertz CT molecular complexity index is 1040. The number of amides is 1. The van der Waals surface area contributed by atoms with Gasteiger partial charge in [-0.15, -0.1) is 0 Å². The second-order valence-corrected chi connectivity index (χ2v) is 5.86. The van der Waals surface area contributed by atoms with Crippen molar-refractivity contribution >= 4 is 5.91 Å². The van der Waals surface area contributed by atoms with Crippen LogP contribution in [0.5, 0.6) is 0 Å². The largest absolute Gasteiger partial charge is 0.366 e. The summed E-state index contributed by atoms with van der Waals surface area (Å²) in [6.45, 7) is 0. The number of rotatable bonds is 4. The Kier molecular flexibility index (Phi) is 4.03. The van der Waals surface area contributed by atoms with Crippen LogP contribution in [0.25, 0.3) is 28.2 Å². The minimum atomic E-state index is -0.437. The highest BCUT2D eigenvalue weighted by molar-refractivity contribution is 5.93. The van der Waals surface area contributed by atoms with E-state index in [2.05, 4.69) is 16.0 Å². The van der Waals surface area contributed by atoms with Crippen LogP contribution in [0.3, 0.4) is 0 Å². The zero-order chi connectivity index (χ0) is 17.9. The fourth-order valence-electron chi connectivity index (χ4n) is 2.87. The lowest BCUT2D eigenvalue weighted by Gasteiger charge is -2.08. The van der Waals surface area contributed by atoms with Crippen molar-refractivity contribution in [3.05, 3.63) is 91.0 Å². The first-order chi connectivity index (χ1) is 12.7. The van der Waals surface area contributed by atoms with Crippen LogP contribution in [-0.2, 0) is 0 Å². The Hall–Kier alpha value is -3.73. The van der Waals surface area contributed by atoms with Crippen molar-refractivity contribution in [3.63, 3.8) is 0 Å². The van der Waals surface area contributed by atoms with Gasteiger partial charge in [-0.3, -0.25) is 9.78 Å². The van der Waals surface area contributed by atoms with Crippen LogP contribution >= 0.6 is 0 Å². The smallest absolute Gasteiger partial charge is 0.248 e. The minimum Gasteiger partial charge on any atom is -0.366 e. The number of hydrogen-bond donors (Lipinski definition) is 1. The monoisotopic (exact) mass is 340 g/mol. The minimum absolute atomic E-state index is 0.437. The van der Waals surface area contributed by atoms with E-state index in [4.69, 9.17) is 5.73 Å². The molecule has 3 aromatic heterocycles. The van der Waals surface area contributed by atoms with E-state index < -0.39 is 5.91 Å². The fraction of sp³-hybridized carbons (Fsp3) is 0. The Balaban J connectivity index is 1.87. The molecule has 1 amide bonds. The number of carbonyl (C=O) groups excluding carboxylic acids is 1. The van der Waals surface area contributed by atoms with Crippen molar-refractivity contribution in [1.82, 2.24) is 14.5 Å². The van der Waals surface area contributed by atoms with Gasteiger partial charge < -0.3 is 10.3 Å². The van der Waals surface area contributed by atoms with Gasteiger partial charge in [0.1, 0.15) is 5.82 Å². The van der Waals surface area contributed by atoms with Gasteiger partial charge in [0.05, 0.1) is 5.69 Å². The Morgan fingerprint density at radius 1 is 0.885 bits per heavy atom. The number of benzene rings is 1. The van der Waals surface area contributed by atoms with Gasteiger partial charge in [0.15, 0.2) is 0 Å². The number of carbonyl (C=O) groups is 1. The molecule has 4 rings (SSSR count). The van der Waals surface area contributed by atoms with Crippen LogP contribution in [0.15, 0.2) is 85.5 Å². The van der Waals surface area contributed by atoms with Crippen molar-refractivity contribution in [3.8, 4) is 28.2 Å². The molecule has 4 aromatic rings. The van der Waals surface area contributed by atoms with E-state index in [0.717, 1.165) is 28.2 Å². The standard InChI is InChI=1S/C21H16N4O/c22-21(26)16-8-6-15(7-9-16)19-12-18(17-4-3-10-23-13-17)14-25(19)20-5-1-2-11-24-20/h1-14H,(H2,22,26). The van der Waals surface area contributed by atoms with Crippen molar-refractivity contribution in [1.29, 1.82) is 0 Å². The SMILES string of the molecule is NC(=O)c1ccc(-c2cc(-c3cccnc3)cn2-c2ccccn2)cc1. The maximum atomic E-state index is 11.3. The molecule has 5 heteroatoms. The van der Waals surface area contributed by atoms with Gasteiger partial charge in [-0.2, -0.15) is 0 Å². The summed E-state index contributed by atoms with van der Waals surface area (Å²) < 4.78 is 2.03. The average Bonchev–Trinajstić information content (AvgIpc) is 3.15. The second kappa shape index (κ2) is 6.64. The van der Waals surface area contributed by atoms with Crippen LogP contribution in [0, 0.1) is 0 Å². The molecule has 0 saturated heterocycles. The lowest BCUT2D eigenvalue weighted by molar-refractivity contribution is 0.100. The zero-order valence-corrected chi connectivity index (χ0v) is 13.9. The number of primary amides is 1. The first kappa shape index (κ1) is 15.8. The first-order valence-electron chi connectivity index (χ1n) is 8.17. The maximum absolute atomic E-state index is 11.3. The van der Waals surface area contributed by atoms with E-state index in [1.54, 1.807) is 24.5 Å². The summed E-state index contributed by atoms with van der Waals surface area (Å²) in [6, 6.07) is 19.1. The maximum Gasteiger partial charge on any atom is 0.248 e. The van der Waals surface area contributed by atoms with Gasteiger partial charge in [0, 0.05) is 41.5 Å². The molecule has 0 unspecified atom stereocenters. The first-order valence-corrected chi connectivity index (χ1v) is 8.17. The summed E-state index contributed by atoms with van der Waals surface area (Å²) in [4.78, 5) is 20.0. The molecule has 0 radical (unpaired) electrons. The highest BCUT2D eigenvalue weighted by atomic mass is 16.1. The molecule has 0 bridgehead atoms. The van der Waals surface area contributed by atoms with E-state index in [0.29, 0.717) is 5.56 Å². The Labute approximate surface area is 150 Å². The number of pyridine rings is 2. The Morgan fingerprint density at radius 2 is 1.73 bits per heavy atom. The normalized spacial score (nSPS) is 10.6. The summed E-state index contributed by atoms with van der Waals surface area (Å²) in [5.74, 6) is 0.379. The topological polar surface area (TPSA) is 73.8 Å². The van der Waals surface area contributed by atoms with Crippen LogP contribution in [0.4, 0.5) is 0 Å². The average molecular weight is 340 g/mol. The lowest BCUT2D eigenvalue weighted by atomic mass is 10.1. The molecule has 2 N–H and O–H groups in total. The number of nitrogens with two attached hydrogens (primary N) is 1. The summed E-state index contributed by atoms with van der Waals surface area (Å²) in [6.07, 6.45) is 7.39. The van der Waals surface area contributed by atoms with Gasteiger partial charge in [-0.25, -0.2) is 4.98 Å². The number of nitrogens with zero attached hydrogens (tertiary/aromatic N) is 3. The molecule has 0 aliphatic rings. The number of aromatic nitrogens is 3. The summed E-state index contributed by atoms with van der Waals surface area (Å²) in [5, 5.41) is 0. The summed E-state index contributed by atoms with van der Waals surface area (Å²) in [5.41, 5.74) is 9.83. The predicted molar refractivity (Wildman–Crippen MR) is 101 cm³/mol. The van der Waals surface area contributed by atoms with Crippen LogP contribution in [-0.4, -0.2) is 20.4 Å². The van der Waals surface area contributed by atoms with Crippen molar-refractivity contribution in [2.45, 2.75) is 0 Å². The third-order valence-electron chi connectivity index (χ3n) is 4.18. The number of hydrogen-bond acceptors (Lipinski definition) is 3. The third kappa shape index (κ3) is 2.98. The highest BCUT2D eigenvalue weighted by Gasteiger charge is 2.12.